The Labute approximate surface area is 108 Å². The van der Waals surface area contributed by atoms with Crippen LogP contribution in [0.5, 0.6) is 5.75 Å². The monoisotopic (exact) mass is 255 g/mol. The van der Waals surface area contributed by atoms with E-state index in [0.717, 1.165) is 24.7 Å². The maximum absolute atomic E-state index is 5.19. The zero-order valence-corrected chi connectivity index (χ0v) is 11.5. The highest BCUT2D eigenvalue weighted by atomic mass is 32.2. The van der Waals surface area contributed by atoms with Crippen LogP contribution in [0.2, 0.25) is 0 Å². The third kappa shape index (κ3) is 5.44. The fourth-order valence-corrected chi connectivity index (χ4v) is 2.46. The van der Waals surface area contributed by atoms with E-state index in [1.165, 1.54) is 4.90 Å². The molecule has 0 aliphatic carbocycles. The minimum Gasteiger partial charge on any atom is -0.497 e. The Morgan fingerprint density at radius 3 is 2.47 bits per heavy atom. The van der Waals surface area contributed by atoms with Gasteiger partial charge in [-0.2, -0.15) is 0 Å². The average Bonchev–Trinajstić information content (AvgIpc) is 2.37. The second-order valence-electron chi connectivity index (χ2n) is 3.70. The molecule has 0 heterocycles. The smallest absolute Gasteiger partial charge is 0.118 e. The number of hydrogen-bond acceptors (Lipinski definition) is 4. The zero-order valence-electron chi connectivity index (χ0n) is 10.7. The van der Waals surface area contributed by atoms with E-state index in [2.05, 4.69) is 24.4 Å². The predicted octanol–water partition coefficient (Wildman–Crippen LogP) is 2.41. The molecule has 4 heteroatoms. The lowest BCUT2D eigenvalue weighted by atomic mass is 10.3. The van der Waals surface area contributed by atoms with Crippen LogP contribution in [-0.2, 0) is 4.74 Å². The van der Waals surface area contributed by atoms with Crippen LogP contribution in [0.15, 0.2) is 29.2 Å². The minimum atomic E-state index is 0.400. The summed E-state index contributed by atoms with van der Waals surface area (Å²) in [7, 11) is 3.42. The number of ether oxygens (including phenoxy) is 2. The lowest BCUT2D eigenvalue weighted by Gasteiger charge is -2.16. The second kappa shape index (κ2) is 8.39. The second-order valence-corrected chi connectivity index (χ2v) is 4.79. The van der Waals surface area contributed by atoms with Crippen molar-refractivity contribution < 1.29 is 9.47 Å². The number of methoxy groups -OCH3 is 2. The molecule has 0 bridgehead atoms. The summed E-state index contributed by atoms with van der Waals surface area (Å²) in [6.45, 7) is 3.83. The molecule has 0 aliphatic heterocycles. The summed E-state index contributed by atoms with van der Waals surface area (Å²) in [5, 5.41) is 3.41. The predicted molar refractivity (Wildman–Crippen MR) is 73.1 cm³/mol. The average molecular weight is 255 g/mol. The van der Waals surface area contributed by atoms with Crippen LogP contribution in [0.3, 0.4) is 0 Å². The van der Waals surface area contributed by atoms with Crippen LogP contribution < -0.4 is 10.1 Å². The highest BCUT2D eigenvalue weighted by molar-refractivity contribution is 7.99. The van der Waals surface area contributed by atoms with Crippen molar-refractivity contribution in [3.05, 3.63) is 24.3 Å². The molecule has 1 N–H and O–H groups in total. The van der Waals surface area contributed by atoms with Crippen LogP contribution >= 0.6 is 11.8 Å². The molecule has 0 aromatic heterocycles. The van der Waals surface area contributed by atoms with Crippen LogP contribution in [0, 0.1) is 0 Å². The van der Waals surface area contributed by atoms with Gasteiger partial charge in [-0.1, -0.05) is 6.92 Å². The van der Waals surface area contributed by atoms with Crippen LogP contribution in [0.4, 0.5) is 0 Å². The summed E-state index contributed by atoms with van der Waals surface area (Å²) in [4.78, 5) is 1.25. The summed E-state index contributed by atoms with van der Waals surface area (Å²) in [6.07, 6.45) is 0. The van der Waals surface area contributed by atoms with Gasteiger partial charge in [0.2, 0.25) is 0 Å². The molecule has 0 saturated heterocycles. The van der Waals surface area contributed by atoms with Crippen molar-refractivity contribution in [3.63, 3.8) is 0 Å². The van der Waals surface area contributed by atoms with Gasteiger partial charge in [0, 0.05) is 23.8 Å². The molecule has 1 rings (SSSR count). The minimum absolute atomic E-state index is 0.400. The Balaban J connectivity index is 2.41. The van der Waals surface area contributed by atoms with Gasteiger partial charge in [-0.05, 0) is 30.8 Å². The van der Waals surface area contributed by atoms with Gasteiger partial charge >= 0.3 is 0 Å². The van der Waals surface area contributed by atoms with E-state index in [-0.39, 0.29) is 0 Å². The first-order valence-corrected chi connectivity index (χ1v) is 6.77. The molecule has 0 fully saturated rings. The normalized spacial score (nSPS) is 12.4. The first kappa shape index (κ1) is 14.4. The van der Waals surface area contributed by atoms with Crippen LogP contribution in [-0.4, -0.2) is 39.2 Å². The van der Waals surface area contributed by atoms with Gasteiger partial charge < -0.3 is 14.8 Å². The van der Waals surface area contributed by atoms with E-state index < -0.39 is 0 Å². The van der Waals surface area contributed by atoms with Crippen molar-refractivity contribution in [2.75, 3.05) is 33.1 Å². The molecule has 0 saturated carbocycles. The van der Waals surface area contributed by atoms with Crippen molar-refractivity contribution >= 4 is 11.8 Å². The van der Waals surface area contributed by atoms with Gasteiger partial charge in [0.1, 0.15) is 5.75 Å². The van der Waals surface area contributed by atoms with Crippen molar-refractivity contribution in [2.45, 2.75) is 17.9 Å². The largest absolute Gasteiger partial charge is 0.497 e. The number of likely N-dealkylation sites (N-methyl/N-ethyl adjacent to an activating group) is 1. The highest BCUT2D eigenvalue weighted by Crippen LogP contribution is 2.21. The van der Waals surface area contributed by atoms with E-state index >= 15 is 0 Å². The van der Waals surface area contributed by atoms with E-state index in [0.29, 0.717) is 6.04 Å². The van der Waals surface area contributed by atoms with E-state index in [9.17, 15) is 0 Å². The van der Waals surface area contributed by atoms with Gasteiger partial charge in [-0.3, -0.25) is 0 Å². The van der Waals surface area contributed by atoms with Crippen molar-refractivity contribution in [1.29, 1.82) is 0 Å². The lowest BCUT2D eigenvalue weighted by Crippen LogP contribution is -2.35. The number of benzene rings is 1. The summed E-state index contributed by atoms with van der Waals surface area (Å²) >= 11 is 1.83. The number of thioether (sulfide) groups is 1. The Bertz CT molecular complexity index is 297. The first-order valence-electron chi connectivity index (χ1n) is 5.79. The van der Waals surface area contributed by atoms with E-state index in [4.69, 9.17) is 9.47 Å². The molecule has 1 unspecified atom stereocenters. The van der Waals surface area contributed by atoms with Gasteiger partial charge in [-0.25, -0.2) is 0 Å². The van der Waals surface area contributed by atoms with Crippen LogP contribution in [0.25, 0.3) is 0 Å². The molecule has 0 amide bonds. The highest BCUT2D eigenvalue weighted by Gasteiger charge is 2.07. The van der Waals surface area contributed by atoms with Crippen molar-refractivity contribution in [2.24, 2.45) is 0 Å². The Morgan fingerprint density at radius 2 is 1.94 bits per heavy atom. The summed E-state index contributed by atoms with van der Waals surface area (Å²) < 4.78 is 10.3. The quantitative estimate of drug-likeness (QED) is 0.723. The number of rotatable bonds is 8. The van der Waals surface area contributed by atoms with Gasteiger partial charge in [0.15, 0.2) is 0 Å². The standard InChI is InChI=1S/C13H21NO2S/c1-4-14-11(9-15-2)10-17-13-7-5-12(16-3)6-8-13/h5-8,11,14H,4,9-10H2,1-3H3. The number of hydrogen-bond donors (Lipinski definition) is 1. The third-order valence-electron chi connectivity index (χ3n) is 2.37. The molecule has 0 radical (unpaired) electrons. The molecule has 1 aromatic rings. The molecule has 0 spiro atoms. The van der Waals surface area contributed by atoms with Gasteiger partial charge in [0.05, 0.1) is 13.7 Å². The summed E-state index contributed by atoms with van der Waals surface area (Å²) in [5.41, 5.74) is 0. The molecule has 1 atom stereocenters. The van der Waals surface area contributed by atoms with Crippen molar-refractivity contribution in [3.8, 4) is 5.75 Å². The molecule has 1 aromatic carbocycles. The van der Waals surface area contributed by atoms with E-state index in [1.807, 2.05) is 23.9 Å². The van der Waals surface area contributed by atoms with Crippen molar-refractivity contribution in [1.82, 2.24) is 5.32 Å². The molecular weight excluding hydrogens is 234 g/mol. The maximum Gasteiger partial charge on any atom is 0.118 e. The zero-order chi connectivity index (χ0) is 12.5. The number of nitrogens with one attached hydrogen (secondary N) is 1. The lowest BCUT2D eigenvalue weighted by molar-refractivity contribution is 0.174. The molecule has 0 aliphatic rings. The summed E-state index contributed by atoms with van der Waals surface area (Å²) in [6, 6.07) is 8.54. The Kier molecular flexibility index (Phi) is 7.08. The molecule has 17 heavy (non-hydrogen) atoms. The SMILES string of the molecule is CCNC(COC)CSc1ccc(OC)cc1. The fraction of sp³-hybridized carbons (Fsp3) is 0.538. The topological polar surface area (TPSA) is 30.5 Å². The van der Waals surface area contributed by atoms with Gasteiger partial charge in [-0.15, -0.1) is 11.8 Å². The fourth-order valence-electron chi connectivity index (χ4n) is 1.52. The Morgan fingerprint density at radius 1 is 1.24 bits per heavy atom. The third-order valence-corrected chi connectivity index (χ3v) is 3.55. The summed E-state index contributed by atoms with van der Waals surface area (Å²) in [5.74, 6) is 1.91. The Hall–Kier alpha value is -0.710. The molecule has 96 valence electrons. The first-order chi connectivity index (χ1) is 8.30. The maximum atomic E-state index is 5.19. The molecular formula is C13H21NO2S. The molecule has 3 nitrogen and oxygen atoms in total. The van der Waals surface area contributed by atoms with Gasteiger partial charge in [0.25, 0.3) is 0 Å². The van der Waals surface area contributed by atoms with Crippen LogP contribution in [0.1, 0.15) is 6.92 Å². The van der Waals surface area contributed by atoms with E-state index in [1.54, 1.807) is 14.2 Å².